The Kier molecular flexibility index (Phi) is 14.8. The lowest BCUT2D eigenvalue weighted by atomic mass is 9.78. The van der Waals surface area contributed by atoms with Crippen molar-refractivity contribution in [3.63, 3.8) is 0 Å². The van der Waals surface area contributed by atoms with E-state index in [1.807, 2.05) is 36.4 Å². The lowest BCUT2D eigenvalue weighted by Crippen LogP contribution is -2.65. The van der Waals surface area contributed by atoms with Crippen LogP contribution in [0.15, 0.2) is 91.1 Å². The molecule has 78 heavy (non-hydrogen) atoms. The number of hydrogen-bond acceptors (Lipinski definition) is 14. The molecule has 0 amide bonds. The summed E-state index contributed by atoms with van der Waals surface area (Å²) >= 11 is 0. The number of aliphatic hydroxyl groups is 1. The van der Waals surface area contributed by atoms with E-state index < -0.39 is 29.4 Å². The number of ether oxygens (including phenoxy) is 11. The first-order valence-corrected chi connectivity index (χ1v) is 29.6. The minimum Gasteiger partial charge on any atom is -0.459 e. The molecule has 10 heterocycles. The molecule has 1 N–H and O–H groups in total. The molecule has 10 aliphatic heterocycles. The highest BCUT2D eigenvalue weighted by atomic mass is 16.6. The van der Waals surface area contributed by atoms with Gasteiger partial charge in [-0.15, -0.1) is 0 Å². The van der Waals surface area contributed by atoms with Crippen molar-refractivity contribution in [2.75, 3.05) is 6.61 Å². The average Bonchev–Trinajstić information content (AvgIpc) is 3.91. The third-order valence-electron chi connectivity index (χ3n) is 19.4. The summed E-state index contributed by atoms with van der Waals surface area (Å²) in [6.45, 7) is 13.2. The Morgan fingerprint density at radius 1 is 0.654 bits per heavy atom. The lowest BCUT2D eigenvalue weighted by molar-refractivity contribution is -0.316. The van der Waals surface area contributed by atoms with Gasteiger partial charge in [0.25, 0.3) is 0 Å². The van der Waals surface area contributed by atoms with E-state index in [2.05, 4.69) is 70.7 Å². The van der Waals surface area contributed by atoms with E-state index in [4.69, 9.17) is 52.1 Å². The van der Waals surface area contributed by atoms with Gasteiger partial charge in [0.1, 0.15) is 31.0 Å². The van der Waals surface area contributed by atoms with Crippen molar-refractivity contribution in [1.29, 1.82) is 0 Å². The molecule has 3 aromatic rings. The summed E-state index contributed by atoms with van der Waals surface area (Å²) in [5.41, 5.74) is 0.0871. The van der Waals surface area contributed by atoms with Gasteiger partial charge >= 0.3 is 11.9 Å². The van der Waals surface area contributed by atoms with Crippen LogP contribution in [-0.4, -0.2) is 145 Å². The van der Waals surface area contributed by atoms with Gasteiger partial charge in [-0.2, -0.15) is 0 Å². The maximum atomic E-state index is 13.5. The first-order valence-electron chi connectivity index (χ1n) is 29.6. The van der Waals surface area contributed by atoms with Gasteiger partial charge < -0.3 is 57.2 Å². The van der Waals surface area contributed by atoms with Gasteiger partial charge in [0.05, 0.1) is 109 Å². The van der Waals surface area contributed by atoms with Crippen LogP contribution in [0, 0.1) is 11.8 Å². The zero-order chi connectivity index (χ0) is 53.5. The van der Waals surface area contributed by atoms with Crippen LogP contribution < -0.4 is 0 Å². The Bertz CT molecular complexity index is 2780. The number of hydrogen-bond donors (Lipinski definition) is 1. The smallest absolute Gasteiger partial charge is 0.339 e. The summed E-state index contributed by atoms with van der Waals surface area (Å²) in [5, 5.41) is 15.7. The van der Waals surface area contributed by atoms with Crippen molar-refractivity contribution in [1.82, 2.24) is 0 Å². The molecule has 14 nitrogen and oxygen atoms in total. The van der Waals surface area contributed by atoms with Crippen LogP contribution in [-0.2, 0) is 56.9 Å². The molecule has 0 radical (unpaired) electrons. The van der Waals surface area contributed by atoms with Gasteiger partial charge in [-0.1, -0.05) is 81.1 Å². The minimum atomic E-state index is -0.742. The van der Waals surface area contributed by atoms with Crippen molar-refractivity contribution in [3.05, 3.63) is 96.6 Å². The highest BCUT2D eigenvalue weighted by Crippen LogP contribution is 2.49. The molecule has 8 fully saturated rings. The van der Waals surface area contributed by atoms with Crippen molar-refractivity contribution < 1.29 is 66.8 Å². The second-order valence-corrected chi connectivity index (χ2v) is 25.5. The molecule has 22 atom stereocenters. The van der Waals surface area contributed by atoms with E-state index in [1.54, 1.807) is 6.07 Å². The second-order valence-electron chi connectivity index (χ2n) is 25.5. The highest BCUT2D eigenvalue weighted by molar-refractivity contribution is 6.09. The topological polar surface area (TPSA) is 156 Å². The molecular formula is C64H80O14. The highest BCUT2D eigenvalue weighted by Gasteiger charge is 2.57. The van der Waals surface area contributed by atoms with Gasteiger partial charge in [-0.25, -0.2) is 4.79 Å². The fraction of sp³-hybridized carbons (Fsp3) is 0.656. The Hall–Kier alpha value is -4.06. The van der Waals surface area contributed by atoms with Gasteiger partial charge in [-0.05, 0) is 135 Å². The van der Waals surface area contributed by atoms with Gasteiger partial charge in [0, 0.05) is 25.7 Å². The molecule has 10 aliphatic rings. The molecule has 13 rings (SSSR count). The standard InChI is InChI=1S/C64H80O14/c1-35-24-50-53(31-59(66)74-50)73-58-30-52-54(78-63(58,4)32-35)25-37(3)60-49(71-52)18-9-8-17-45-46(75-60)19-11-21-48-47(70-45)20-12-22-57-64(5,77-48)33-56-51(72-57)29-55-61(76-56)44(65)28-41(69-55)23-36(2)34-68-62(67)42-16-10-15-40-26-38-13-6-7-14-39(38)27-43(40)42/h6-11,13-16,21,26-27,35,37,41,44-58,60-61,65H,2,12,17-20,22-25,28-34H2,1,3-5H3/b9-8-,21-11?/t35-,37+,41-,44+,45?,46+,47?,48-,49?,50+,51?,52?,53?,54+,55?,56-,57?,58?,60-,61+,63-,64+/m1/s1. The van der Waals surface area contributed by atoms with Crippen LogP contribution in [0.2, 0.25) is 0 Å². The van der Waals surface area contributed by atoms with Gasteiger partial charge in [0.2, 0.25) is 0 Å². The zero-order valence-corrected chi connectivity index (χ0v) is 45.8. The number of rotatable bonds is 5. The molecule has 0 aliphatic carbocycles. The molecule has 0 spiro atoms. The minimum absolute atomic E-state index is 0.0550. The number of carbonyl (C=O) groups is 2. The molecule has 8 saturated heterocycles. The van der Waals surface area contributed by atoms with E-state index in [9.17, 15) is 14.7 Å². The molecule has 420 valence electrons. The van der Waals surface area contributed by atoms with E-state index >= 15 is 0 Å². The molecule has 3 aromatic carbocycles. The molecule has 14 heteroatoms. The normalized spacial score (nSPS) is 44.8. The number of benzene rings is 3. The van der Waals surface area contributed by atoms with Crippen molar-refractivity contribution in [2.24, 2.45) is 11.8 Å². The number of aliphatic hydroxyl groups excluding tert-OH is 1. The Labute approximate surface area is 458 Å². The first-order chi connectivity index (χ1) is 37.7. The third-order valence-corrected chi connectivity index (χ3v) is 19.4. The van der Waals surface area contributed by atoms with E-state index in [-0.39, 0.29) is 123 Å². The molecule has 9 unspecified atom stereocenters. The fourth-order valence-electron chi connectivity index (χ4n) is 15.6. The van der Waals surface area contributed by atoms with Gasteiger partial charge in [0.15, 0.2) is 0 Å². The van der Waals surface area contributed by atoms with Crippen molar-refractivity contribution in [2.45, 2.75) is 245 Å². The zero-order valence-electron chi connectivity index (χ0n) is 45.8. The number of esters is 2. The maximum Gasteiger partial charge on any atom is 0.339 e. The Morgan fingerprint density at radius 3 is 2.24 bits per heavy atom. The van der Waals surface area contributed by atoms with Crippen LogP contribution >= 0.6 is 0 Å². The van der Waals surface area contributed by atoms with Crippen LogP contribution in [0.3, 0.4) is 0 Å². The summed E-state index contributed by atoms with van der Waals surface area (Å²) in [5.74, 6) is -0.0878. The molecule has 0 bridgehead atoms. The lowest BCUT2D eigenvalue weighted by Gasteiger charge is -2.55. The summed E-state index contributed by atoms with van der Waals surface area (Å²) in [7, 11) is 0. The van der Waals surface area contributed by atoms with Crippen LogP contribution in [0.5, 0.6) is 0 Å². The van der Waals surface area contributed by atoms with Crippen LogP contribution in [0.1, 0.15) is 134 Å². The SMILES string of the molecule is C=C(COC(=O)c1cccc2cc3ccccc3cc12)C[C@@H]1C[C@H](O)[C@@H]2O[C@@H]3C[C@]4(C)O[C@@H]5C=CC[C@@H]6O[C@H]7C(C/C=C\CC6OC5CCCC4OC3CC2O1)OC1CC2OC3CC(=O)O[C@H]3C[C@@H](C)C[C@@]2(C)O[C@H]1C[C@@H]7C. The van der Waals surface area contributed by atoms with Crippen LogP contribution in [0.4, 0.5) is 0 Å². The average molecular weight is 1070 g/mol. The maximum absolute atomic E-state index is 13.5. The Balaban J connectivity index is 0.630. The number of fused-ring (bicyclic) bond motifs is 11. The number of carbonyl (C=O) groups excluding carboxylic acids is 2. The molecule has 0 saturated carbocycles. The first kappa shape index (κ1) is 53.3. The van der Waals surface area contributed by atoms with Crippen molar-refractivity contribution >= 4 is 33.5 Å². The predicted octanol–water partition coefficient (Wildman–Crippen LogP) is 9.92. The fourth-order valence-corrected chi connectivity index (χ4v) is 15.6. The largest absolute Gasteiger partial charge is 0.459 e. The monoisotopic (exact) mass is 1070 g/mol. The van der Waals surface area contributed by atoms with E-state index in [0.717, 1.165) is 78.5 Å². The molecular weight excluding hydrogens is 993 g/mol. The summed E-state index contributed by atoms with van der Waals surface area (Å²) in [6.07, 6.45) is 14.4. The third kappa shape index (κ3) is 10.6. The Morgan fingerprint density at radius 2 is 1.38 bits per heavy atom. The van der Waals surface area contributed by atoms with E-state index in [1.165, 1.54) is 0 Å². The predicted molar refractivity (Wildman–Crippen MR) is 290 cm³/mol. The quantitative estimate of drug-likeness (QED) is 0.146. The summed E-state index contributed by atoms with van der Waals surface area (Å²) in [4.78, 5) is 25.9. The van der Waals surface area contributed by atoms with Crippen LogP contribution in [0.25, 0.3) is 21.5 Å². The molecule has 0 aromatic heterocycles. The second kappa shape index (κ2) is 21.7. The van der Waals surface area contributed by atoms with E-state index in [0.29, 0.717) is 50.0 Å². The summed E-state index contributed by atoms with van der Waals surface area (Å²) < 4.78 is 74.9. The van der Waals surface area contributed by atoms with Crippen molar-refractivity contribution in [3.8, 4) is 0 Å². The summed E-state index contributed by atoms with van der Waals surface area (Å²) in [6, 6.07) is 18.0. The van der Waals surface area contributed by atoms with Gasteiger partial charge in [-0.3, -0.25) is 4.79 Å².